The van der Waals surface area contributed by atoms with Gasteiger partial charge in [-0.1, -0.05) is 268 Å². The van der Waals surface area contributed by atoms with E-state index in [1.165, 1.54) is 180 Å². The lowest BCUT2D eigenvalue weighted by Gasteiger charge is -2.18. The fraction of sp³-hybridized carbons (Fsp3) is 0.828. The molecule has 0 aliphatic rings. The summed E-state index contributed by atoms with van der Waals surface area (Å²) in [6.07, 6.45) is 72.5. The first-order chi connectivity index (χ1) is 34.5. The Balaban J connectivity index is 4.34. The lowest BCUT2D eigenvalue weighted by molar-refractivity contribution is -0.167. The van der Waals surface area contributed by atoms with Crippen LogP contribution in [0.25, 0.3) is 0 Å². The molecule has 0 aliphatic heterocycles. The molecule has 0 spiro atoms. The second kappa shape index (κ2) is 58.9. The van der Waals surface area contributed by atoms with E-state index in [0.717, 1.165) is 103 Å². The number of hydrogen-bond donors (Lipinski definition) is 0. The van der Waals surface area contributed by atoms with Crippen LogP contribution in [-0.2, 0) is 28.6 Å². The Labute approximate surface area is 435 Å². The van der Waals surface area contributed by atoms with Gasteiger partial charge in [-0.3, -0.25) is 14.4 Å². The maximum atomic E-state index is 12.9. The summed E-state index contributed by atoms with van der Waals surface area (Å²) in [7, 11) is 0. The first kappa shape index (κ1) is 67.4. The molecule has 0 aliphatic carbocycles. The molecule has 6 heteroatoms. The van der Waals surface area contributed by atoms with Crippen molar-refractivity contribution in [2.45, 2.75) is 329 Å². The summed E-state index contributed by atoms with van der Waals surface area (Å²) in [5.41, 5.74) is 0. The minimum absolute atomic E-state index is 0.0803. The highest BCUT2D eigenvalue weighted by atomic mass is 16.6. The monoisotopic (exact) mass is 981 g/mol. The Bertz CT molecular complexity index is 1220. The molecule has 0 heterocycles. The number of esters is 3. The van der Waals surface area contributed by atoms with Gasteiger partial charge in [0.15, 0.2) is 6.10 Å². The molecule has 0 radical (unpaired) electrons. The molecule has 0 N–H and O–H groups in total. The minimum atomic E-state index is -0.785. The lowest BCUT2D eigenvalue weighted by atomic mass is 10.0. The summed E-state index contributed by atoms with van der Waals surface area (Å²) in [4.78, 5) is 38.2. The molecular weight excluding hydrogens is 865 g/mol. The zero-order valence-electron chi connectivity index (χ0n) is 46.8. The van der Waals surface area contributed by atoms with Crippen molar-refractivity contribution in [3.05, 3.63) is 48.6 Å². The number of ether oxygens (including phenoxy) is 3. The average molecular weight is 982 g/mol. The molecular formula is C64H116O6. The molecule has 0 amide bonds. The van der Waals surface area contributed by atoms with Gasteiger partial charge < -0.3 is 14.2 Å². The largest absolute Gasteiger partial charge is 0.462 e. The van der Waals surface area contributed by atoms with E-state index in [1.807, 2.05) is 0 Å². The van der Waals surface area contributed by atoms with Gasteiger partial charge in [-0.15, -0.1) is 0 Å². The molecule has 0 bridgehead atoms. The molecule has 6 nitrogen and oxygen atoms in total. The van der Waals surface area contributed by atoms with Gasteiger partial charge in [-0.2, -0.15) is 0 Å². The lowest BCUT2D eigenvalue weighted by Crippen LogP contribution is -2.30. The van der Waals surface area contributed by atoms with Crippen molar-refractivity contribution in [3.8, 4) is 0 Å². The first-order valence-electron chi connectivity index (χ1n) is 30.6. The van der Waals surface area contributed by atoms with E-state index in [0.29, 0.717) is 19.3 Å². The highest BCUT2D eigenvalue weighted by Gasteiger charge is 2.19. The predicted octanol–water partition coefficient (Wildman–Crippen LogP) is 20.6. The minimum Gasteiger partial charge on any atom is -0.462 e. The van der Waals surface area contributed by atoms with Crippen molar-refractivity contribution in [3.63, 3.8) is 0 Å². The molecule has 408 valence electrons. The number of unbranched alkanes of at least 4 members (excludes halogenated alkanes) is 37. The van der Waals surface area contributed by atoms with Crippen molar-refractivity contribution in [1.29, 1.82) is 0 Å². The quantitative estimate of drug-likeness (QED) is 0.0261. The van der Waals surface area contributed by atoms with E-state index in [2.05, 4.69) is 69.4 Å². The van der Waals surface area contributed by atoms with E-state index < -0.39 is 6.10 Å². The molecule has 0 aromatic rings. The summed E-state index contributed by atoms with van der Waals surface area (Å²) in [6.45, 7) is 6.62. The van der Waals surface area contributed by atoms with Crippen LogP contribution in [0.3, 0.4) is 0 Å². The smallest absolute Gasteiger partial charge is 0.306 e. The normalized spacial score (nSPS) is 12.3. The highest BCUT2D eigenvalue weighted by molar-refractivity contribution is 5.71. The van der Waals surface area contributed by atoms with Crippen molar-refractivity contribution in [1.82, 2.24) is 0 Å². The third-order valence-electron chi connectivity index (χ3n) is 13.6. The molecule has 1 unspecified atom stereocenters. The van der Waals surface area contributed by atoms with Crippen LogP contribution >= 0.6 is 0 Å². The van der Waals surface area contributed by atoms with E-state index in [1.54, 1.807) is 0 Å². The number of carbonyl (C=O) groups is 3. The van der Waals surface area contributed by atoms with Crippen LogP contribution in [0.2, 0.25) is 0 Å². The molecule has 0 saturated carbocycles. The van der Waals surface area contributed by atoms with Crippen LogP contribution in [0.4, 0.5) is 0 Å². The summed E-state index contributed by atoms with van der Waals surface area (Å²) >= 11 is 0. The Hall–Kier alpha value is -2.63. The van der Waals surface area contributed by atoms with Gasteiger partial charge in [0.25, 0.3) is 0 Å². The van der Waals surface area contributed by atoms with E-state index in [-0.39, 0.29) is 31.1 Å². The topological polar surface area (TPSA) is 78.9 Å². The Morgan fingerprint density at radius 2 is 0.514 bits per heavy atom. The SMILES string of the molecule is CCCCC/C=C\C/C=C\CCCCCCCC(=O)OCC(COC(=O)CCCCCCCCCCCCCCCCCCCCCCC)OC(=O)CCCCCCC/C=C\C/C=C\CCCCCC. The Morgan fingerprint density at radius 3 is 0.829 bits per heavy atom. The second-order valence-electron chi connectivity index (χ2n) is 20.6. The van der Waals surface area contributed by atoms with Crippen molar-refractivity contribution >= 4 is 17.9 Å². The number of hydrogen-bond acceptors (Lipinski definition) is 6. The summed E-state index contributed by atoms with van der Waals surface area (Å²) in [6, 6.07) is 0. The van der Waals surface area contributed by atoms with Crippen LogP contribution < -0.4 is 0 Å². The zero-order valence-corrected chi connectivity index (χ0v) is 46.8. The number of rotatable bonds is 56. The molecule has 0 aromatic carbocycles. The Morgan fingerprint density at radius 1 is 0.286 bits per heavy atom. The van der Waals surface area contributed by atoms with Crippen LogP contribution in [0.5, 0.6) is 0 Å². The third-order valence-corrected chi connectivity index (χ3v) is 13.6. The van der Waals surface area contributed by atoms with Gasteiger partial charge >= 0.3 is 17.9 Å². The molecule has 0 saturated heterocycles. The van der Waals surface area contributed by atoms with Gasteiger partial charge in [-0.25, -0.2) is 0 Å². The standard InChI is InChI=1S/C64H116O6/c1-4-7-10-13-16-19-22-25-28-30-31-32-33-34-37-39-42-45-48-51-54-57-63(66)69-60-61(59-68-62(65)56-53-50-47-44-41-38-35-27-24-21-18-15-12-9-6-3)70-64(67)58-55-52-49-46-43-40-36-29-26-23-20-17-14-11-8-5-2/h18,20-21,23,27,29,35-36,61H,4-17,19,22,24-26,28,30-34,37-60H2,1-3H3/b21-18-,23-20-,35-27-,36-29-. The van der Waals surface area contributed by atoms with Crippen molar-refractivity contribution in [2.24, 2.45) is 0 Å². The fourth-order valence-electron chi connectivity index (χ4n) is 8.92. The van der Waals surface area contributed by atoms with Gasteiger partial charge in [-0.05, 0) is 83.5 Å². The van der Waals surface area contributed by atoms with Crippen LogP contribution in [0, 0.1) is 0 Å². The van der Waals surface area contributed by atoms with Gasteiger partial charge in [0.05, 0.1) is 0 Å². The van der Waals surface area contributed by atoms with Crippen LogP contribution in [0.1, 0.15) is 323 Å². The van der Waals surface area contributed by atoms with Gasteiger partial charge in [0, 0.05) is 19.3 Å². The fourth-order valence-corrected chi connectivity index (χ4v) is 8.92. The highest BCUT2D eigenvalue weighted by Crippen LogP contribution is 2.17. The van der Waals surface area contributed by atoms with Gasteiger partial charge in [0.1, 0.15) is 13.2 Å². The zero-order chi connectivity index (χ0) is 50.7. The van der Waals surface area contributed by atoms with E-state index in [9.17, 15) is 14.4 Å². The summed E-state index contributed by atoms with van der Waals surface area (Å²) in [5, 5.41) is 0. The summed E-state index contributed by atoms with van der Waals surface area (Å²) < 4.78 is 16.9. The molecule has 0 rings (SSSR count). The number of carbonyl (C=O) groups excluding carboxylic acids is 3. The molecule has 0 fully saturated rings. The third kappa shape index (κ3) is 56.3. The molecule has 1 atom stereocenters. The second-order valence-corrected chi connectivity index (χ2v) is 20.6. The van der Waals surface area contributed by atoms with Crippen LogP contribution in [-0.4, -0.2) is 37.2 Å². The first-order valence-corrected chi connectivity index (χ1v) is 30.6. The Kier molecular flexibility index (Phi) is 56.7. The van der Waals surface area contributed by atoms with Crippen molar-refractivity contribution < 1.29 is 28.6 Å². The summed E-state index contributed by atoms with van der Waals surface area (Å²) in [5.74, 6) is -0.891. The van der Waals surface area contributed by atoms with E-state index in [4.69, 9.17) is 14.2 Å². The van der Waals surface area contributed by atoms with Crippen molar-refractivity contribution in [2.75, 3.05) is 13.2 Å². The van der Waals surface area contributed by atoms with E-state index >= 15 is 0 Å². The maximum absolute atomic E-state index is 12.9. The number of allylic oxidation sites excluding steroid dienone is 8. The van der Waals surface area contributed by atoms with Gasteiger partial charge in [0.2, 0.25) is 0 Å². The molecule has 0 aromatic heterocycles. The van der Waals surface area contributed by atoms with Crippen LogP contribution in [0.15, 0.2) is 48.6 Å². The predicted molar refractivity (Wildman–Crippen MR) is 302 cm³/mol. The molecule has 70 heavy (non-hydrogen) atoms. The maximum Gasteiger partial charge on any atom is 0.306 e. The average Bonchev–Trinajstić information content (AvgIpc) is 3.36.